The number of benzene rings is 1. The lowest BCUT2D eigenvalue weighted by Gasteiger charge is -2.27. The number of rotatable bonds is 7. The van der Waals surface area contributed by atoms with E-state index in [-0.39, 0.29) is 5.41 Å². The first-order valence-corrected chi connectivity index (χ1v) is 6.59. The van der Waals surface area contributed by atoms with Gasteiger partial charge in [0.05, 0.1) is 6.61 Å². The van der Waals surface area contributed by atoms with Gasteiger partial charge < -0.3 is 4.74 Å². The van der Waals surface area contributed by atoms with Gasteiger partial charge in [-0.15, -0.1) is 0 Å². The molecule has 0 saturated carbocycles. The van der Waals surface area contributed by atoms with E-state index in [1.54, 1.807) is 0 Å². The van der Waals surface area contributed by atoms with Crippen LogP contribution in [0.15, 0.2) is 49.2 Å². The highest BCUT2D eigenvalue weighted by atomic mass is 16.5. The third kappa shape index (κ3) is 3.76. The van der Waals surface area contributed by atoms with Crippen molar-refractivity contribution >= 4 is 5.57 Å². The summed E-state index contributed by atoms with van der Waals surface area (Å²) in [6, 6.07) is 10.0. The van der Waals surface area contributed by atoms with E-state index in [2.05, 4.69) is 33.9 Å². The van der Waals surface area contributed by atoms with Crippen molar-refractivity contribution in [1.82, 2.24) is 0 Å². The number of hydrogen-bond donors (Lipinski definition) is 0. The summed E-state index contributed by atoms with van der Waals surface area (Å²) in [7, 11) is 0. The van der Waals surface area contributed by atoms with Crippen LogP contribution in [-0.2, 0) is 4.74 Å². The Morgan fingerprint density at radius 2 is 1.67 bits per heavy atom. The SMILES string of the molecule is C=C(OCC(C)(CC)CC)C(=C)c1ccccc1. The van der Waals surface area contributed by atoms with E-state index in [0.29, 0.717) is 12.4 Å². The average Bonchev–Trinajstić information content (AvgIpc) is 2.44. The molecule has 0 aliphatic carbocycles. The van der Waals surface area contributed by atoms with E-state index in [4.69, 9.17) is 4.74 Å². The molecule has 0 radical (unpaired) electrons. The highest BCUT2D eigenvalue weighted by molar-refractivity contribution is 5.74. The molecule has 0 unspecified atom stereocenters. The Balaban J connectivity index is 2.59. The van der Waals surface area contributed by atoms with Gasteiger partial charge in [-0.05, 0) is 18.4 Å². The fourth-order valence-electron chi connectivity index (χ4n) is 1.60. The molecular weight excluding hydrogens is 220 g/mol. The van der Waals surface area contributed by atoms with Gasteiger partial charge in [-0.2, -0.15) is 0 Å². The molecule has 0 aliphatic rings. The van der Waals surface area contributed by atoms with Crippen molar-refractivity contribution in [2.75, 3.05) is 6.61 Å². The van der Waals surface area contributed by atoms with E-state index >= 15 is 0 Å². The van der Waals surface area contributed by atoms with Gasteiger partial charge in [0.2, 0.25) is 0 Å². The summed E-state index contributed by atoms with van der Waals surface area (Å²) in [5.74, 6) is 0.675. The largest absolute Gasteiger partial charge is 0.493 e. The van der Waals surface area contributed by atoms with Crippen LogP contribution >= 0.6 is 0 Å². The predicted octanol–water partition coefficient (Wildman–Crippen LogP) is 5.06. The lowest BCUT2D eigenvalue weighted by molar-refractivity contribution is 0.104. The van der Waals surface area contributed by atoms with Crippen LogP contribution in [-0.4, -0.2) is 6.61 Å². The zero-order chi connectivity index (χ0) is 13.6. The van der Waals surface area contributed by atoms with Crippen molar-refractivity contribution < 1.29 is 4.74 Å². The molecule has 0 heterocycles. The fraction of sp³-hybridized carbons (Fsp3) is 0.412. The molecule has 0 atom stereocenters. The van der Waals surface area contributed by atoms with Crippen molar-refractivity contribution in [2.45, 2.75) is 33.6 Å². The quantitative estimate of drug-likeness (QED) is 0.481. The number of hydrogen-bond acceptors (Lipinski definition) is 1. The summed E-state index contributed by atoms with van der Waals surface area (Å²) in [4.78, 5) is 0. The molecule has 1 heteroatoms. The zero-order valence-electron chi connectivity index (χ0n) is 11.8. The Labute approximate surface area is 111 Å². The molecular formula is C17H24O. The van der Waals surface area contributed by atoms with Crippen molar-refractivity contribution in [1.29, 1.82) is 0 Å². The molecule has 0 aromatic heterocycles. The smallest absolute Gasteiger partial charge is 0.119 e. The molecule has 1 aromatic carbocycles. The van der Waals surface area contributed by atoms with Crippen LogP contribution in [0.2, 0.25) is 0 Å². The van der Waals surface area contributed by atoms with Gasteiger partial charge >= 0.3 is 0 Å². The predicted molar refractivity (Wildman–Crippen MR) is 79.3 cm³/mol. The van der Waals surface area contributed by atoms with Crippen molar-refractivity contribution in [3.63, 3.8) is 0 Å². The highest BCUT2D eigenvalue weighted by Crippen LogP contribution is 2.28. The number of allylic oxidation sites excluding steroid dienone is 1. The average molecular weight is 244 g/mol. The lowest BCUT2D eigenvalue weighted by Crippen LogP contribution is -2.21. The van der Waals surface area contributed by atoms with Gasteiger partial charge in [-0.25, -0.2) is 0 Å². The summed E-state index contributed by atoms with van der Waals surface area (Å²) in [5, 5.41) is 0. The van der Waals surface area contributed by atoms with Gasteiger partial charge in [0.1, 0.15) is 5.76 Å². The summed E-state index contributed by atoms with van der Waals surface area (Å²) in [6.07, 6.45) is 2.21. The summed E-state index contributed by atoms with van der Waals surface area (Å²) < 4.78 is 5.81. The fourth-order valence-corrected chi connectivity index (χ4v) is 1.60. The monoisotopic (exact) mass is 244 g/mol. The minimum absolute atomic E-state index is 0.222. The van der Waals surface area contributed by atoms with Gasteiger partial charge in [-0.3, -0.25) is 0 Å². The highest BCUT2D eigenvalue weighted by Gasteiger charge is 2.21. The van der Waals surface area contributed by atoms with Gasteiger partial charge in [0, 0.05) is 11.0 Å². The minimum Gasteiger partial charge on any atom is -0.493 e. The molecule has 0 bridgehead atoms. The van der Waals surface area contributed by atoms with Crippen molar-refractivity contribution in [3.05, 3.63) is 54.8 Å². The molecule has 0 amide bonds. The van der Waals surface area contributed by atoms with E-state index in [0.717, 1.165) is 24.0 Å². The Morgan fingerprint density at radius 1 is 1.11 bits per heavy atom. The maximum Gasteiger partial charge on any atom is 0.119 e. The normalized spacial score (nSPS) is 11.1. The third-order valence-electron chi connectivity index (χ3n) is 3.76. The molecule has 1 nitrogen and oxygen atoms in total. The van der Waals surface area contributed by atoms with Crippen LogP contribution in [0.25, 0.3) is 5.57 Å². The van der Waals surface area contributed by atoms with Gasteiger partial charge in [0.15, 0.2) is 0 Å². The van der Waals surface area contributed by atoms with Crippen molar-refractivity contribution in [3.8, 4) is 0 Å². The lowest BCUT2D eigenvalue weighted by atomic mass is 9.86. The maximum atomic E-state index is 5.81. The van der Waals surface area contributed by atoms with E-state index < -0.39 is 0 Å². The Bertz CT molecular complexity index is 399. The van der Waals surface area contributed by atoms with Crippen LogP contribution in [0.3, 0.4) is 0 Å². The topological polar surface area (TPSA) is 9.23 Å². The molecule has 18 heavy (non-hydrogen) atoms. The summed E-state index contributed by atoms with van der Waals surface area (Å²) >= 11 is 0. The Hall–Kier alpha value is -1.50. The molecule has 0 spiro atoms. The molecule has 0 saturated heterocycles. The minimum atomic E-state index is 0.222. The zero-order valence-corrected chi connectivity index (χ0v) is 11.8. The first kappa shape index (κ1) is 14.6. The number of ether oxygens (including phenoxy) is 1. The van der Waals surface area contributed by atoms with E-state index in [1.807, 2.05) is 30.3 Å². The Kier molecular flexibility index (Phi) is 5.21. The van der Waals surface area contributed by atoms with Crippen LogP contribution in [0.5, 0.6) is 0 Å². The van der Waals surface area contributed by atoms with Gasteiger partial charge in [0.25, 0.3) is 0 Å². The molecule has 0 aliphatic heterocycles. The molecule has 98 valence electrons. The third-order valence-corrected chi connectivity index (χ3v) is 3.76. The van der Waals surface area contributed by atoms with Crippen LogP contribution in [0.4, 0.5) is 0 Å². The van der Waals surface area contributed by atoms with Crippen LogP contribution in [0, 0.1) is 5.41 Å². The second-order valence-electron chi connectivity index (χ2n) is 5.07. The van der Waals surface area contributed by atoms with E-state index in [9.17, 15) is 0 Å². The molecule has 1 rings (SSSR count). The standard InChI is InChI=1S/C17H24O/c1-6-17(5,7-2)13-18-15(4)14(3)16-11-9-8-10-12-16/h8-12H,3-4,6-7,13H2,1-2,5H3. The van der Waals surface area contributed by atoms with Crippen LogP contribution < -0.4 is 0 Å². The van der Waals surface area contributed by atoms with Gasteiger partial charge in [-0.1, -0.05) is 64.3 Å². The second-order valence-corrected chi connectivity index (χ2v) is 5.07. The van der Waals surface area contributed by atoms with Crippen LogP contribution in [0.1, 0.15) is 39.2 Å². The summed E-state index contributed by atoms with van der Waals surface area (Å²) in [5.41, 5.74) is 2.15. The molecule has 0 fully saturated rings. The first-order chi connectivity index (χ1) is 8.52. The molecule has 1 aromatic rings. The second kappa shape index (κ2) is 6.44. The first-order valence-electron chi connectivity index (χ1n) is 6.59. The summed E-state index contributed by atoms with van der Waals surface area (Å²) in [6.45, 7) is 15.4. The van der Waals surface area contributed by atoms with Crippen molar-refractivity contribution in [2.24, 2.45) is 5.41 Å². The van der Waals surface area contributed by atoms with E-state index in [1.165, 1.54) is 0 Å². The molecule has 0 N–H and O–H groups in total. The Morgan fingerprint density at radius 3 is 2.17 bits per heavy atom. The maximum absolute atomic E-state index is 5.81.